The number of nitrogen functional groups attached to an aromatic ring is 1. The molecule has 1 aliphatic heterocycles. The van der Waals surface area contributed by atoms with Gasteiger partial charge in [0.25, 0.3) is 0 Å². The van der Waals surface area contributed by atoms with E-state index in [4.69, 9.17) is 5.73 Å². The zero-order chi connectivity index (χ0) is 18.0. The number of carbonyl (C=O) groups is 1. The van der Waals surface area contributed by atoms with Crippen molar-refractivity contribution < 1.29 is 13.2 Å². The Morgan fingerprint density at radius 3 is 2.68 bits per heavy atom. The maximum atomic E-state index is 12.3. The lowest BCUT2D eigenvalue weighted by molar-refractivity contribution is 0.104. The monoisotopic (exact) mass is 381 g/mol. The van der Waals surface area contributed by atoms with Crippen LogP contribution in [0, 0.1) is 0 Å². The van der Waals surface area contributed by atoms with Crippen molar-refractivity contribution in [2.24, 2.45) is 0 Å². The van der Waals surface area contributed by atoms with Crippen molar-refractivity contribution >= 4 is 38.9 Å². The molecular weight excluding hydrogens is 362 g/mol. The number of aromatic nitrogens is 2. The van der Waals surface area contributed by atoms with Crippen LogP contribution in [0.25, 0.3) is 0 Å². The first-order valence-corrected chi connectivity index (χ1v) is 10.5. The molecule has 25 heavy (non-hydrogen) atoms. The van der Waals surface area contributed by atoms with Crippen LogP contribution < -0.4 is 11.1 Å². The fourth-order valence-electron chi connectivity index (χ4n) is 2.69. The fourth-order valence-corrected chi connectivity index (χ4v) is 4.25. The first-order chi connectivity index (χ1) is 11.8. The molecule has 0 spiro atoms. The van der Waals surface area contributed by atoms with E-state index in [0.29, 0.717) is 36.8 Å². The molecule has 0 radical (unpaired) electrons. The van der Waals surface area contributed by atoms with Gasteiger partial charge in [0.05, 0.1) is 16.7 Å². The molecule has 134 valence electrons. The molecule has 10 heteroatoms. The summed E-state index contributed by atoms with van der Waals surface area (Å²) in [5.41, 5.74) is 6.20. The quantitative estimate of drug-likeness (QED) is 0.747. The van der Waals surface area contributed by atoms with Crippen molar-refractivity contribution in [2.45, 2.75) is 18.9 Å². The Hall–Kier alpha value is -2.04. The number of ketones is 1. The predicted octanol–water partition coefficient (Wildman–Crippen LogP) is 1.19. The molecule has 8 nitrogen and oxygen atoms in total. The third kappa shape index (κ3) is 4.14. The van der Waals surface area contributed by atoms with E-state index in [-0.39, 0.29) is 23.2 Å². The highest BCUT2D eigenvalue weighted by Gasteiger charge is 2.25. The van der Waals surface area contributed by atoms with E-state index >= 15 is 0 Å². The van der Waals surface area contributed by atoms with Crippen LogP contribution in [0.15, 0.2) is 23.7 Å². The zero-order valence-electron chi connectivity index (χ0n) is 13.7. The zero-order valence-corrected chi connectivity index (χ0v) is 15.3. The second-order valence-electron chi connectivity index (χ2n) is 5.88. The Morgan fingerprint density at radius 2 is 2.12 bits per heavy atom. The van der Waals surface area contributed by atoms with Gasteiger partial charge in [0.1, 0.15) is 5.82 Å². The van der Waals surface area contributed by atoms with Crippen LogP contribution in [0.5, 0.6) is 0 Å². The Morgan fingerprint density at radius 1 is 1.40 bits per heavy atom. The molecular formula is C15H19N5O3S2. The normalized spacial score (nSPS) is 16.7. The fraction of sp³-hybridized carbons (Fsp3) is 0.400. The van der Waals surface area contributed by atoms with Crippen LogP contribution in [-0.4, -0.2) is 53.9 Å². The topological polar surface area (TPSA) is 118 Å². The molecule has 0 amide bonds. The lowest BCUT2D eigenvalue weighted by atomic mass is 10.1. The van der Waals surface area contributed by atoms with Crippen LogP contribution in [0.2, 0.25) is 0 Å². The molecule has 1 saturated heterocycles. The van der Waals surface area contributed by atoms with Gasteiger partial charge in [-0.1, -0.05) is 6.07 Å². The van der Waals surface area contributed by atoms with E-state index in [2.05, 4.69) is 15.3 Å². The van der Waals surface area contributed by atoms with E-state index in [1.807, 2.05) is 5.38 Å². The van der Waals surface area contributed by atoms with E-state index in [9.17, 15) is 13.2 Å². The highest BCUT2D eigenvalue weighted by Crippen LogP contribution is 2.20. The average molecular weight is 381 g/mol. The van der Waals surface area contributed by atoms with Crippen LogP contribution in [0.3, 0.4) is 0 Å². The average Bonchev–Trinajstić information content (AvgIpc) is 3.08. The summed E-state index contributed by atoms with van der Waals surface area (Å²) in [5.74, 6) is 0.281. The predicted molar refractivity (Wildman–Crippen MR) is 97.3 cm³/mol. The van der Waals surface area contributed by atoms with Gasteiger partial charge in [0.2, 0.25) is 21.8 Å². The molecule has 2 aromatic heterocycles. The number of anilines is 2. The van der Waals surface area contributed by atoms with Crippen LogP contribution in [0.4, 0.5) is 11.8 Å². The lowest BCUT2D eigenvalue weighted by Gasteiger charge is -2.30. The minimum absolute atomic E-state index is 0.0660. The van der Waals surface area contributed by atoms with Gasteiger partial charge in [0, 0.05) is 25.3 Å². The van der Waals surface area contributed by atoms with Gasteiger partial charge in [-0.25, -0.2) is 17.7 Å². The molecule has 0 aliphatic carbocycles. The van der Waals surface area contributed by atoms with Gasteiger partial charge >= 0.3 is 0 Å². The number of rotatable bonds is 5. The van der Waals surface area contributed by atoms with E-state index in [1.165, 1.54) is 28.1 Å². The van der Waals surface area contributed by atoms with Gasteiger partial charge in [-0.05, 0) is 24.3 Å². The van der Waals surface area contributed by atoms with Crippen molar-refractivity contribution in [3.05, 3.63) is 34.2 Å². The van der Waals surface area contributed by atoms with Gasteiger partial charge < -0.3 is 11.1 Å². The van der Waals surface area contributed by atoms with Gasteiger partial charge in [-0.3, -0.25) is 4.79 Å². The molecule has 0 unspecified atom stereocenters. The van der Waals surface area contributed by atoms with Crippen LogP contribution in [-0.2, 0) is 10.0 Å². The number of carbonyl (C=O) groups excluding carboxylic acids is 1. The Kier molecular flexibility index (Phi) is 5.02. The van der Waals surface area contributed by atoms with Crippen molar-refractivity contribution in [2.75, 3.05) is 30.4 Å². The minimum Gasteiger partial charge on any atom is -0.383 e. The van der Waals surface area contributed by atoms with Gasteiger partial charge in [-0.2, -0.15) is 4.98 Å². The number of hydrogen-bond donors (Lipinski definition) is 2. The van der Waals surface area contributed by atoms with Crippen molar-refractivity contribution in [1.29, 1.82) is 0 Å². The summed E-state index contributed by atoms with van der Waals surface area (Å²) in [7, 11) is -3.15. The molecule has 3 heterocycles. The van der Waals surface area contributed by atoms with Crippen molar-refractivity contribution in [3.63, 3.8) is 0 Å². The van der Waals surface area contributed by atoms with Gasteiger partial charge in [0.15, 0.2) is 0 Å². The number of thiophene rings is 1. The van der Waals surface area contributed by atoms with Crippen molar-refractivity contribution in [1.82, 2.24) is 14.3 Å². The lowest BCUT2D eigenvalue weighted by Crippen LogP contribution is -2.42. The molecule has 2 aromatic rings. The number of piperidine rings is 1. The second kappa shape index (κ2) is 7.06. The largest absolute Gasteiger partial charge is 0.383 e. The van der Waals surface area contributed by atoms with Crippen molar-refractivity contribution in [3.8, 4) is 0 Å². The summed E-state index contributed by atoms with van der Waals surface area (Å²) in [6.45, 7) is 0.919. The first-order valence-electron chi connectivity index (χ1n) is 7.77. The molecule has 0 saturated carbocycles. The number of hydrogen-bond acceptors (Lipinski definition) is 8. The summed E-state index contributed by atoms with van der Waals surface area (Å²) in [6, 6.07) is 3.60. The molecule has 1 aliphatic rings. The summed E-state index contributed by atoms with van der Waals surface area (Å²) in [4.78, 5) is 21.3. The maximum Gasteiger partial charge on any atom is 0.224 e. The van der Waals surface area contributed by atoms with Gasteiger partial charge in [-0.15, -0.1) is 11.3 Å². The molecule has 3 N–H and O–H groups in total. The highest BCUT2D eigenvalue weighted by molar-refractivity contribution is 7.88. The van der Waals surface area contributed by atoms with Crippen LogP contribution in [0.1, 0.15) is 28.1 Å². The summed E-state index contributed by atoms with van der Waals surface area (Å²) in [5, 5.41) is 4.98. The highest BCUT2D eigenvalue weighted by atomic mass is 32.2. The molecule has 3 rings (SSSR count). The molecule has 1 fully saturated rings. The van der Waals surface area contributed by atoms with Crippen LogP contribution >= 0.6 is 11.3 Å². The third-order valence-electron chi connectivity index (χ3n) is 4.06. The Bertz CT molecular complexity index is 859. The number of sulfonamides is 1. The smallest absolute Gasteiger partial charge is 0.224 e. The SMILES string of the molecule is CS(=O)(=O)N1CCC(Nc2ncc(C(=O)c3cccs3)c(N)n2)CC1. The minimum atomic E-state index is -3.15. The standard InChI is InChI=1S/C15H19N5O3S2/c1-25(22,23)20-6-4-10(5-7-20)18-15-17-9-11(14(16)19-15)13(21)12-3-2-8-24-12/h2-3,8-10H,4-7H2,1H3,(H3,16,17,18,19). The maximum absolute atomic E-state index is 12.3. The Balaban J connectivity index is 1.65. The number of nitrogens with two attached hydrogens (primary N) is 1. The summed E-state index contributed by atoms with van der Waals surface area (Å²) in [6.07, 6.45) is 3.96. The molecule has 0 atom stereocenters. The van der Waals surface area contributed by atoms with E-state index in [1.54, 1.807) is 12.1 Å². The van der Waals surface area contributed by atoms with E-state index in [0.717, 1.165) is 0 Å². The Labute approximate surface area is 150 Å². The number of nitrogens with one attached hydrogen (secondary N) is 1. The third-order valence-corrected chi connectivity index (χ3v) is 6.24. The summed E-state index contributed by atoms with van der Waals surface area (Å²) >= 11 is 1.34. The number of nitrogens with zero attached hydrogens (tertiary/aromatic N) is 3. The molecule has 0 bridgehead atoms. The second-order valence-corrected chi connectivity index (χ2v) is 8.81. The van der Waals surface area contributed by atoms with E-state index < -0.39 is 10.0 Å². The first kappa shape index (κ1) is 17.8. The summed E-state index contributed by atoms with van der Waals surface area (Å²) < 4.78 is 24.5. The molecule has 0 aromatic carbocycles.